The molecule has 0 aliphatic rings. The monoisotopic (exact) mass is 148 g/mol. The predicted molar refractivity (Wildman–Crippen MR) is 38.7 cm³/mol. The van der Waals surface area contributed by atoms with Gasteiger partial charge in [-0.05, 0) is 6.08 Å². The van der Waals surface area contributed by atoms with Gasteiger partial charge in [0.25, 0.3) is 0 Å². The highest BCUT2D eigenvalue weighted by molar-refractivity contribution is 5.50. The number of hydrogen-bond acceptors (Lipinski definition) is 2. The van der Waals surface area contributed by atoms with E-state index >= 15 is 0 Å². The van der Waals surface area contributed by atoms with E-state index in [4.69, 9.17) is 10.5 Å². The summed E-state index contributed by atoms with van der Waals surface area (Å²) in [6.07, 6.45) is 0.867. The summed E-state index contributed by atoms with van der Waals surface area (Å²) >= 11 is 0. The van der Waals surface area contributed by atoms with Crippen LogP contribution in [0.1, 0.15) is 0 Å². The van der Waals surface area contributed by atoms with Crippen LogP contribution in [0.3, 0.4) is 0 Å². The lowest BCUT2D eigenvalue weighted by molar-refractivity contribution is 0.670. The Hall–Kier alpha value is -1.87. The quantitative estimate of drug-likeness (QED) is 0.444. The molecule has 0 amide bonds. The van der Waals surface area contributed by atoms with Crippen LogP contribution in [0.2, 0.25) is 0 Å². The highest BCUT2D eigenvalue weighted by atomic mass is 19.1. The summed E-state index contributed by atoms with van der Waals surface area (Å²) in [6, 6.07) is 3.25. The van der Waals surface area contributed by atoms with Crippen molar-refractivity contribution in [3.8, 4) is 12.1 Å². The summed E-state index contributed by atoms with van der Waals surface area (Å²) in [7, 11) is 0. The Labute approximate surface area is 64.2 Å². The summed E-state index contributed by atoms with van der Waals surface area (Å²) in [5.41, 5.74) is -0.161. The molecule has 0 N–H and O–H groups in total. The third-order valence-corrected chi connectivity index (χ3v) is 0.881. The molecule has 0 aromatic heterocycles. The van der Waals surface area contributed by atoms with Gasteiger partial charge in [0.1, 0.15) is 11.9 Å². The standard InChI is InChI=1S/C8H5FN2/c1-6(4-10)8(5-11)3-7(2)9/h3H,1-2H2/b8-3-. The highest BCUT2D eigenvalue weighted by Gasteiger charge is 1.99. The molecular weight excluding hydrogens is 143 g/mol. The van der Waals surface area contributed by atoms with Crippen LogP contribution in [0.25, 0.3) is 0 Å². The molecular formula is C8H5FN2. The second-order valence-electron chi connectivity index (χ2n) is 1.71. The molecule has 0 saturated heterocycles. The molecule has 0 aromatic carbocycles. The molecule has 0 unspecified atom stereocenters. The maximum atomic E-state index is 12.1. The van der Waals surface area contributed by atoms with Crippen LogP contribution in [0.4, 0.5) is 4.39 Å². The van der Waals surface area contributed by atoms with Crippen molar-refractivity contribution < 1.29 is 4.39 Å². The molecule has 0 heterocycles. The van der Waals surface area contributed by atoms with Gasteiger partial charge < -0.3 is 0 Å². The lowest BCUT2D eigenvalue weighted by Gasteiger charge is -1.89. The molecule has 0 saturated carbocycles. The maximum Gasteiger partial charge on any atom is 0.117 e. The fourth-order valence-corrected chi connectivity index (χ4v) is 0.404. The van der Waals surface area contributed by atoms with Crippen molar-refractivity contribution in [2.24, 2.45) is 0 Å². The minimum atomic E-state index is -0.766. The van der Waals surface area contributed by atoms with E-state index in [1.54, 1.807) is 12.1 Å². The van der Waals surface area contributed by atoms with Crippen molar-refractivity contribution >= 4 is 0 Å². The van der Waals surface area contributed by atoms with E-state index in [0.717, 1.165) is 6.08 Å². The summed E-state index contributed by atoms with van der Waals surface area (Å²) in [6.45, 7) is 6.15. The Balaban J connectivity index is 4.75. The minimum absolute atomic E-state index is 0.0636. The average molecular weight is 148 g/mol. The normalized spacial score (nSPS) is 9.55. The van der Waals surface area contributed by atoms with Crippen LogP contribution in [-0.2, 0) is 0 Å². The number of nitriles is 2. The van der Waals surface area contributed by atoms with Crippen molar-refractivity contribution in [1.29, 1.82) is 10.5 Å². The molecule has 0 rings (SSSR count). The Kier molecular flexibility index (Phi) is 3.34. The smallest absolute Gasteiger partial charge is 0.117 e. The number of nitrogens with zero attached hydrogens (tertiary/aromatic N) is 2. The van der Waals surface area contributed by atoms with Crippen LogP contribution >= 0.6 is 0 Å². The van der Waals surface area contributed by atoms with Gasteiger partial charge in [-0.3, -0.25) is 0 Å². The number of hydrogen-bond donors (Lipinski definition) is 0. The first-order valence-electron chi connectivity index (χ1n) is 2.67. The van der Waals surface area contributed by atoms with Crippen LogP contribution in [0.5, 0.6) is 0 Å². The van der Waals surface area contributed by atoms with Gasteiger partial charge in [0, 0.05) is 0 Å². The molecule has 0 radical (unpaired) electrons. The molecule has 0 aromatic rings. The largest absolute Gasteiger partial charge is 0.208 e. The molecule has 0 fully saturated rings. The second-order valence-corrected chi connectivity index (χ2v) is 1.71. The first kappa shape index (κ1) is 9.13. The van der Waals surface area contributed by atoms with Gasteiger partial charge in [0.05, 0.1) is 17.2 Å². The summed E-state index contributed by atoms with van der Waals surface area (Å²) in [5, 5.41) is 16.6. The summed E-state index contributed by atoms with van der Waals surface area (Å²) in [4.78, 5) is 0. The predicted octanol–water partition coefficient (Wildman–Crippen LogP) is 2.00. The molecule has 0 atom stereocenters. The molecule has 54 valence electrons. The van der Waals surface area contributed by atoms with E-state index in [9.17, 15) is 4.39 Å². The highest BCUT2D eigenvalue weighted by Crippen LogP contribution is 2.08. The fourth-order valence-electron chi connectivity index (χ4n) is 0.404. The van der Waals surface area contributed by atoms with Gasteiger partial charge in [0.2, 0.25) is 0 Å². The van der Waals surface area contributed by atoms with Crippen LogP contribution in [-0.4, -0.2) is 0 Å². The van der Waals surface area contributed by atoms with Gasteiger partial charge in [-0.25, -0.2) is 4.39 Å². The third kappa shape index (κ3) is 2.98. The maximum absolute atomic E-state index is 12.1. The van der Waals surface area contributed by atoms with E-state index in [0.29, 0.717) is 0 Å². The number of rotatable bonds is 2. The van der Waals surface area contributed by atoms with E-state index in [2.05, 4.69) is 13.2 Å². The van der Waals surface area contributed by atoms with Gasteiger partial charge >= 0.3 is 0 Å². The van der Waals surface area contributed by atoms with E-state index in [1.165, 1.54) is 0 Å². The lowest BCUT2D eigenvalue weighted by Crippen LogP contribution is -1.80. The number of halogens is 1. The first-order valence-corrected chi connectivity index (χ1v) is 2.67. The zero-order valence-electron chi connectivity index (χ0n) is 5.76. The lowest BCUT2D eigenvalue weighted by atomic mass is 10.1. The molecule has 11 heavy (non-hydrogen) atoms. The van der Waals surface area contributed by atoms with E-state index in [1.807, 2.05) is 0 Å². The van der Waals surface area contributed by atoms with Gasteiger partial charge in [-0.1, -0.05) is 13.2 Å². The zero-order chi connectivity index (χ0) is 8.85. The average Bonchev–Trinajstić information content (AvgIpc) is 1.98. The van der Waals surface area contributed by atoms with Gasteiger partial charge in [-0.2, -0.15) is 10.5 Å². The van der Waals surface area contributed by atoms with Crippen molar-refractivity contribution in [3.63, 3.8) is 0 Å². The summed E-state index contributed by atoms with van der Waals surface area (Å²) < 4.78 is 12.1. The van der Waals surface area contributed by atoms with Gasteiger partial charge in [-0.15, -0.1) is 0 Å². The van der Waals surface area contributed by atoms with Gasteiger partial charge in [0.15, 0.2) is 0 Å². The Bertz CT molecular complexity index is 299. The minimum Gasteiger partial charge on any atom is -0.208 e. The van der Waals surface area contributed by atoms with Crippen LogP contribution < -0.4 is 0 Å². The molecule has 3 heteroatoms. The Morgan fingerprint density at radius 1 is 1.27 bits per heavy atom. The van der Waals surface area contributed by atoms with E-state index < -0.39 is 5.83 Å². The molecule has 0 bridgehead atoms. The van der Waals surface area contributed by atoms with Crippen molar-refractivity contribution in [2.45, 2.75) is 0 Å². The third-order valence-electron chi connectivity index (χ3n) is 0.881. The van der Waals surface area contributed by atoms with Crippen molar-refractivity contribution in [3.05, 3.63) is 36.2 Å². The van der Waals surface area contributed by atoms with Crippen LogP contribution in [0.15, 0.2) is 36.2 Å². The zero-order valence-corrected chi connectivity index (χ0v) is 5.76. The Morgan fingerprint density at radius 3 is 2.09 bits per heavy atom. The first-order chi connectivity index (χ1) is 5.11. The number of allylic oxidation sites excluding steroid dienone is 4. The SMILES string of the molecule is C=C(F)/C=C(/C#N)C(=C)C#N. The topological polar surface area (TPSA) is 47.6 Å². The molecule has 0 aliphatic heterocycles. The molecule has 0 spiro atoms. The molecule has 2 nitrogen and oxygen atoms in total. The Morgan fingerprint density at radius 2 is 1.82 bits per heavy atom. The molecule has 0 aliphatic carbocycles. The van der Waals surface area contributed by atoms with Crippen molar-refractivity contribution in [1.82, 2.24) is 0 Å². The fraction of sp³-hybridized carbons (Fsp3) is 0. The van der Waals surface area contributed by atoms with Crippen molar-refractivity contribution in [2.75, 3.05) is 0 Å². The van der Waals surface area contributed by atoms with E-state index in [-0.39, 0.29) is 11.1 Å². The van der Waals surface area contributed by atoms with Crippen LogP contribution in [0, 0.1) is 22.7 Å². The second kappa shape index (κ2) is 4.03. The summed E-state index contributed by atoms with van der Waals surface area (Å²) in [5.74, 6) is -0.766.